The molecule has 0 spiro atoms. The van der Waals surface area contributed by atoms with Gasteiger partial charge in [0.15, 0.2) is 0 Å². The number of pyridine rings is 2. The van der Waals surface area contributed by atoms with Crippen LogP contribution in [-0.2, 0) is 6.54 Å². The smallest absolute Gasteiger partial charge is 0.266 e. The summed E-state index contributed by atoms with van der Waals surface area (Å²) in [5.74, 6) is 0.352. The van der Waals surface area contributed by atoms with Gasteiger partial charge in [0.2, 0.25) is 0 Å². The highest BCUT2D eigenvalue weighted by Crippen LogP contribution is 2.19. The number of fused-ring (bicyclic) bond motifs is 1. The van der Waals surface area contributed by atoms with E-state index in [0.717, 1.165) is 10.7 Å². The summed E-state index contributed by atoms with van der Waals surface area (Å²) in [4.78, 5) is 31.3. The molecule has 3 heterocycles. The predicted octanol–water partition coefficient (Wildman–Crippen LogP) is 2.19. The number of thiazole rings is 1. The average molecular weight is 326 g/mol. The van der Waals surface area contributed by atoms with E-state index < -0.39 is 5.56 Å². The molecule has 6 nitrogen and oxygen atoms in total. The number of H-pyrrole nitrogens is 1. The van der Waals surface area contributed by atoms with Crippen molar-refractivity contribution in [1.29, 1.82) is 5.26 Å². The van der Waals surface area contributed by atoms with E-state index in [9.17, 15) is 9.59 Å². The van der Waals surface area contributed by atoms with Crippen LogP contribution >= 0.6 is 11.3 Å². The van der Waals surface area contributed by atoms with Crippen LogP contribution in [0.5, 0.6) is 0 Å². The number of hydrogen-bond donors (Lipinski definition) is 1. The molecule has 0 aromatic carbocycles. The van der Waals surface area contributed by atoms with Gasteiger partial charge < -0.3 is 9.55 Å². The Bertz CT molecular complexity index is 1040. The molecule has 1 N–H and O–H groups in total. The van der Waals surface area contributed by atoms with Gasteiger partial charge in [-0.15, -0.1) is 11.3 Å². The molecule has 0 saturated carbocycles. The van der Waals surface area contributed by atoms with Crippen LogP contribution in [0, 0.1) is 11.3 Å². The van der Waals surface area contributed by atoms with Crippen LogP contribution in [0.3, 0.4) is 0 Å². The van der Waals surface area contributed by atoms with Gasteiger partial charge in [0.05, 0.1) is 28.1 Å². The van der Waals surface area contributed by atoms with Crippen molar-refractivity contribution in [2.75, 3.05) is 0 Å². The second-order valence-electron chi connectivity index (χ2n) is 5.53. The molecule has 0 unspecified atom stereocenters. The van der Waals surface area contributed by atoms with Gasteiger partial charge in [-0.2, -0.15) is 5.26 Å². The minimum atomic E-state index is -0.488. The van der Waals surface area contributed by atoms with E-state index >= 15 is 0 Å². The van der Waals surface area contributed by atoms with Gasteiger partial charge >= 0.3 is 0 Å². The van der Waals surface area contributed by atoms with Gasteiger partial charge in [-0.3, -0.25) is 9.59 Å². The fraction of sp³-hybridized carbons (Fsp3) is 0.250. The molecule has 0 aliphatic rings. The lowest BCUT2D eigenvalue weighted by Crippen LogP contribution is -2.22. The third-order valence-corrected chi connectivity index (χ3v) is 4.69. The van der Waals surface area contributed by atoms with Crippen molar-refractivity contribution in [1.82, 2.24) is 14.5 Å². The maximum absolute atomic E-state index is 12.6. The Kier molecular flexibility index (Phi) is 3.84. The first kappa shape index (κ1) is 15.2. The Labute approximate surface area is 135 Å². The fourth-order valence-electron chi connectivity index (χ4n) is 2.28. The Balaban J connectivity index is 2.06. The van der Waals surface area contributed by atoms with Crippen LogP contribution < -0.4 is 11.1 Å². The minimum absolute atomic E-state index is 0.0666. The second kappa shape index (κ2) is 5.82. The lowest BCUT2D eigenvalue weighted by atomic mass is 10.2. The van der Waals surface area contributed by atoms with Gasteiger partial charge in [0.25, 0.3) is 11.1 Å². The molecule has 0 aliphatic carbocycles. The van der Waals surface area contributed by atoms with E-state index in [1.54, 1.807) is 29.7 Å². The highest BCUT2D eigenvalue weighted by Gasteiger charge is 2.10. The van der Waals surface area contributed by atoms with Crippen molar-refractivity contribution >= 4 is 22.2 Å². The SMILES string of the molecule is CC(C)c1nc(Cn2ccc3[nH]c(=O)c(C#N)cc3c2=O)cs1. The number of nitrogens with one attached hydrogen (secondary N) is 1. The van der Waals surface area contributed by atoms with Crippen molar-refractivity contribution in [2.45, 2.75) is 26.3 Å². The molecule has 3 aromatic rings. The molecule has 3 rings (SSSR count). The first-order chi connectivity index (χ1) is 11.0. The number of rotatable bonds is 3. The third kappa shape index (κ3) is 2.81. The molecule has 3 aromatic heterocycles. The average Bonchev–Trinajstić information content (AvgIpc) is 2.99. The normalized spacial score (nSPS) is 11.0. The van der Waals surface area contributed by atoms with Crippen LogP contribution in [-0.4, -0.2) is 14.5 Å². The first-order valence-electron chi connectivity index (χ1n) is 7.10. The topological polar surface area (TPSA) is 91.5 Å². The maximum Gasteiger partial charge on any atom is 0.266 e. The van der Waals surface area contributed by atoms with Gasteiger partial charge in [-0.05, 0) is 12.1 Å². The van der Waals surface area contributed by atoms with Crippen LogP contribution in [0.4, 0.5) is 0 Å². The summed E-state index contributed by atoms with van der Waals surface area (Å²) < 4.78 is 1.53. The number of aromatic amines is 1. The van der Waals surface area contributed by atoms with E-state index in [1.807, 2.05) is 5.38 Å². The largest absolute Gasteiger partial charge is 0.321 e. The zero-order valence-electron chi connectivity index (χ0n) is 12.7. The second-order valence-corrected chi connectivity index (χ2v) is 6.42. The van der Waals surface area contributed by atoms with Crippen molar-refractivity contribution in [2.24, 2.45) is 0 Å². The van der Waals surface area contributed by atoms with Crippen LogP contribution in [0.1, 0.15) is 36.0 Å². The summed E-state index contributed by atoms with van der Waals surface area (Å²) in [5, 5.41) is 12.2. The Morgan fingerprint density at radius 2 is 2.22 bits per heavy atom. The van der Waals surface area contributed by atoms with Gasteiger partial charge in [-0.1, -0.05) is 13.8 Å². The highest BCUT2D eigenvalue weighted by atomic mass is 32.1. The van der Waals surface area contributed by atoms with Crippen molar-refractivity contribution in [3.63, 3.8) is 0 Å². The number of aromatic nitrogens is 3. The summed E-state index contributed by atoms with van der Waals surface area (Å²) in [5.41, 5.74) is 0.442. The standard InChI is InChI=1S/C16H14N4O2S/c1-9(2)15-18-11(8-23-15)7-20-4-3-13-12(16(20)22)5-10(6-17)14(21)19-13/h3-5,8-9H,7H2,1-2H3,(H,19,21). The van der Waals surface area contributed by atoms with Gasteiger partial charge in [-0.25, -0.2) is 4.98 Å². The highest BCUT2D eigenvalue weighted by molar-refractivity contribution is 7.09. The minimum Gasteiger partial charge on any atom is -0.321 e. The maximum atomic E-state index is 12.6. The quantitative estimate of drug-likeness (QED) is 0.798. The fourth-order valence-corrected chi connectivity index (χ4v) is 3.11. The Morgan fingerprint density at radius 3 is 2.87 bits per heavy atom. The lowest BCUT2D eigenvalue weighted by molar-refractivity contribution is 0.740. The van der Waals surface area contributed by atoms with E-state index in [4.69, 9.17) is 5.26 Å². The molecular formula is C16H14N4O2S. The molecule has 0 aliphatic heterocycles. The molecular weight excluding hydrogens is 312 g/mol. The van der Waals surface area contributed by atoms with Crippen molar-refractivity contribution < 1.29 is 0 Å². The Morgan fingerprint density at radius 1 is 1.43 bits per heavy atom. The van der Waals surface area contributed by atoms with Crippen LogP contribution in [0.25, 0.3) is 10.9 Å². The van der Waals surface area contributed by atoms with Crippen molar-refractivity contribution in [3.05, 3.63) is 60.7 Å². The molecule has 0 amide bonds. The first-order valence-corrected chi connectivity index (χ1v) is 7.98. The lowest BCUT2D eigenvalue weighted by Gasteiger charge is -2.06. The zero-order valence-corrected chi connectivity index (χ0v) is 13.5. The molecule has 7 heteroatoms. The van der Waals surface area contributed by atoms with Gasteiger partial charge in [0, 0.05) is 17.5 Å². The monoisotopic (exact) mass is 326 g/mol. The van der Waals surface area contributed by atoms with E-state index in [0.29, 0.717) is 23.4 Å². The summed E-state index contributed by atoms with van der Waals surface area (Å²) in [6, 6.07) is 4.80. The molecule has 0 fully saturated rings. The molecule has 0 radical (unpaired) electrons. The number of nitriles is 1. The summed E-state index contributed by atoms with van der Waals surface area (Å²) >= 11 is 1.58. The van der Waals surface area contributed by atoms with Crippen molar-refractivity contribution in [3.8, 4) is 6.07 Å². The number of nitrogens with zero attached hydrogens (tertiary/aromatic N) is 3. The summed E-state index contributed by atoms with van der Waals surface area (Å²) in [7, 11) is 0. The van der Waals surface area contributed by atoms with Crippen LogP contribution in [0.15, 0.2) is 33.3 Å². The zero-order chi connectivity index (χ0) is 16.6. The molecule has 0 saturated heterocycles. The van der Waals surface area contributed by atoms with Gasteiger partial charge in [0.1, 0.15) is 11.6 Å². The van der Waals surface area contributed by atoms with Crippen LogP contribution in [0.2, 0.25) is 0 Å². The van der Waals surface area contributed by atoms with E-state index in [2.05, 4.69) is 23.8 Å². The third-order valence-electron chi connectivity index (χ3n) is 3.50. The molecule has 23 heavy (non-hydrogen) atoms. The summed E-state index contributed by atoms with van der Waals surface area (Å²) in [6.07, 6.45) is 1.63. The van der Waals surface area contributed by atoms with E-state index in [1.165, 1.54) is 10.6 Å². The molecule has 0 atom stereocenters. The predicted molar refractivity (Wildman–Crippen MR) is 88.8 cm³/mol. The Hall–Kier alpha value is -2.72. The molecule has 0 bridgehead atoms. The number of hydrogen-bond acceptors (Lipinski definition) is 5. The summed E-state index contributed by atoms with van der Waals surface area (Å²) in [6.45, 7) is 4.51. The molecule has 116 valence electrons. The van der Waals surface area contributed by atoms with E-state index in [-0.39, 0.29) is 11.1 Å².